The third-order valence-electron chi connectivity index (χ3n) is 3.57. The Kier molecular flexibility index (Phi) is 4.57. The lowest BCUT2D eigenvalue weighted by Crippen LogP contribution is -2.25. The molecule has 116 valence electrons. The van der Waals surface area contributed by atoms with E-state index in [1.807, 2.05) is 47.6 Å². The molecule has 0 heterocycles. The molecule has 2 N–H and O–H groups in total. The number of hydrogen-bond acceptors (Lipinski definition) is 2. The topological polar surface area (TPSA) is 57.5 Å². The first-order valence-corrected chi connectivity index (χ1v) is 7.12. The minimum absolute atomic E-state index is 0.208. The lowest BCUT2D eigenvalue weighted by molar-refractivity contribution is -0.131. The minimum Gasteiger partial charge on any atom is -0.507 e. The Labute approximate surface area is 127 Å². The van der Waals surface area contributed by atoms with E-state index in [0.29, 0.717) is 0 Å². The Morgan fingerprint density at radius 2 is 1.71 bits per heavy atom. The van der Waals surface area contributed by atoms with E-state index in [1.54, 1.807) is 6.08 Å². The van der Waals surface area contributed by atoms with Crippen LogP contribution in [-0.2, 0) is 4.79 Å². The summed E-state index contributed by atoms with van der Waals surface area (Å²) in [4.78, 5) is 10.8. The second kappa shape index (κ2) is 5.55. The van der Waals surface area contributed by atoms with Crippen LogP contribution in [0.25, 0.3) is 0 Å². The van der Waals surface area contributed by atoms with Gasteiger partial charge in [0.05, 0.1) is 0 Å². The highest BCUT2D eigenvalue weighted by Crippen LogP contribution is 2.46. The van der Waals surface area contributed by atoms with Gasteiger partial charge in [-0.3, -0.25) is 0 Å². The summed E-state index contributed by atoms with van der Waals surface area (Å²) >= 11 is 0. The number of aliphatic hydroxyl groups excluding tert-OH is 1. The first kappa shape index (κ1) is 17.3. The van der Waals surface area contributed by atoms with Crippen LogP contribution >= 0.6 is 0 Å². The van der Waals surface area contributed by atoms with E-state index in [0.717, 1.165) is 22.8 Å². The number of carbonyl (C=O) groups is 1. The third kappa shape index (κ3) is 3.87. The molecule has 0 bridgehead atoms. The van der Waals surface area contributed by atoms with Crippen molar-refractivity contribution in [3.8, 4) is 0 Å². The molecule has 1 aliphatic rings. The molecule has 0 amide bonds. The van der Waals surface area contributed by atoms with Gasteiger partial charge >= 0.3 is 5.97 Å². The molecule has 0 aromatic heterocycles. The van der Waals surface area contributed by atoms with Crippen LogP contribution in [0.5, 0.6) is 0 Å². The number of rotatable bonds is 2. The molecule has 0 saturated carbocycles. The molecular formula is C18H26O3. The summed E-state index contributed by atoms with van der Waals surface area (Å²) in [6.07, 6.45) is 4.66. The molecule has 1 aliphatic carbocycles. The van der Waals surface area contributed by atoms with E-state index in [2.05, 4.69) is 6.58 Å². The second-order valence-corrected chi connectivity index (χ2v) is 7.55. The van der Waals surface area contributed by atoms with Crippen LogP contribution in [0.2, 0.25) is 0 Å². The molecule has 0 aliphatic heterocycles. The Balaban J connectivity index is 3.47. The zero-order valence-corrected chi connectivity index (χ0v) is 13.8. The van der Waals surface area contributed by atoms with Gasteiger partial charge in [0.25, 0.3) is 0 Å². The second-order valence-electron chi connectivity index (χ2n) is 7.55. The molecule has 1 unspecified atom stereocenters. The Morgan fingerprint density at radius 3 is 2.10 bits per heavy atom. The van der Waals surface area contributed by atoms with E-state index >= 15 is 0 Å². The molecule has 0 aromatic rings. The highest BCUT2D eigenvalue weighted by Gasteiger charge is 2.35. The summed E-state index contributed by atoms with van der Waals surface area (Å²) in [7, 11) is 0. The standard InChI is InChI=1S/C18H26O3/c1-11-12(8-9-14(19)20)10-13(17(2,3)4)16(21)15(11)18(5,6)7/h8-10,12,21H,1H2,2-7H3,(H,19,20). The summed E-state index contributed by atoms with van der Waals surface area (Å²) < 4.78 is 0. The van der Waals surface area contributed by atoms with Gasteiger partial charge in [-0.15, -0.1) is 0 Å². The Morgan fingerprint density at radius 1 is 1.19 bits per heavy atom. The summed E-state index contributed by atoms with van der Waals surface area (Å²) in [5.74, 6) is -0.912. The summed E-state index contributed by atoms with van der Waals surface area (Å²) in [6, 6.07) is 0. The van der Waals surface area contributed by atoms with Crippen LogP contribution in [0.4, 0.5) is 0 Å². The van der Waals surface area contributed by atoms with Crippen LogP contribution in [0.15, 0.2) is 47.3 Å². The molecule has 21 heavy (non-hydrogen) atoms. The number of carboxylic acid groups (broad SMARTS) is 1. The highest BCUT2D eigenvalue weighted by atomic mass is 16.4. The first-order chi connectivity index (χ1) is 9.35. The van der Waals surface area contributed by atoms with Crippen LogP contribution in [0.1, 0.15) is 41.5 Å². The van der Waals surface area contributed by atoms with Gasteiger partial charge in [-0.2, -0.15) is 0 Å². The van der Waals surface area contributed by atoms with Gasteiger partial charge in [0.15, 0.2) is 0 Å². The van der Waals surface area contributed by atoms with Crippen molar-refractivity contribution in [1.82, 2.24) is 0 Å². The number of hydrogen-bond donors (Lipinski definition) is 2. The summed E-state index contributed by atoms with van der Waals surface area (Å²) in [5.41, 5.74) is 1.90. The molecule has 3 heteroatoms. The molecule has 1 atom stereocenters. The van der Waals surface area contributed by atoms with Gasteiger partial charge in [-0.1, -0.05) is 60.3 Å². The van der Waals surface area contributed by atoms with Crippen molar-refractivity contribution in [2.75, 3.05) is 0 Å². The lowest BCUT2D eigenvalue weighted by Gasteiger charge is -2.36. The molecule has 0 aromatic carbocycles. The largest absolute Gasteiger partial charge is 0.507 e. The predicted molar refractivity (Wildman–Crippen MR) is 86.1 cm³/mol. The lowest BCUT2D eigenvalue weighted by atomic mass is 9.69. The van der Waals surface area contributed by atoms with E-state index < -0.39 is 5.97 Å². The zero-order valence-electron chi connectivity index (χ0n) is 13.8. The summed E-state index contributed by atoms with van der Waals surface area (Å²) in [5, 5.41) is 19.5. The fraction of sp³-hybridized carbons (Fsp3) is 0.500. The van der Waals surface area contributed by atoms with E-state index in [9.17, 15) is 9.90 Å². The van der Waals surface area contributed by atoms with E-state index in [-0.39, 0.29) is 22.5 Å². The predicted octanol–water partition coefficient (Wildman–Crippen LogP) is 4.64. The molecule has 0 spiro atoms. The van der Waals surface area contributed by atoms with Crippen LogP contribution < -0.4 is 0 Å². The van der Waals surface area contributed by atoms with Crippen molar-refractivity contribution in [3.05, 3.63) is 47.3 Å². The average molecular weight is 290 g/mol. The molecule has 3 nitrogen and oxygen atoms in total. The maximum atomic E-state index is 10.8. The molecule has 0 fully saturated rings. The monoisotopic (exact) mass is 290 g/mol. The normalized spacial score (nSPS) is 21.0. The minimum atomic E-state index is -0.982. The van der Waals surface area contributed by atoms with Crippen LogP contribution in [-0.4, -0.2) is 16.2 Å². The highest BCUT2D eigenvalue weighted by molar-refractivity contribution is 5.80. The molecule has 0 radical (unpaired) electrons. The quantitative estimate of drug-likeness (QED) is 0.728. The van der Waals surface area contributed by atoms with Gasteiger partial charge in [-0.25, -0.2) is 4.79 Å². The number of allylic oxidation sites excluding steroid dienone is 5. The van der Waals surface area contributed by atoms with Crippen molar-refractivity contribution in [2.45, 2.75) is 41.5 Å². The van der Waals surface area contributed by atoms with Gasteiger partial charge in [0, 0.05) is 17.6 Å². The van der Waals surface area contributed by atoms with Crippen molar-refractivity contribution in [1.29, 1.82) is 0 Å². The Hall–Kier alpha value is -1.77. The third-order valence-corrected chi connectivity index (χ3v) is 3.57. The van der Waals surface area contributed by atoms with Gasteiger partial charge < -0.3 is 10.2 Å². The first-order valence-electron chi connectivity index (χ1n) is 7.12. The van der Waals surface area contributed by atoms with Gasteiger partial charge in [-0.05, 0) is 22.0 Å². The molecular weight excluding hydrogens is 264 g/mol. The van der Waals surface area contributed by atoms with Gasteiger partial charge in [0.2, 0.25) is 0 Å². The maximum absolute atomic E-state index is 10.8. The maximum Gasteiger partial charge on any atom is 0.328 e. The van der Waals surface area contributed by atoms with Gasteiger partial charge in [0.1, 0.15) is 5.76 Å². The fourth-order valence-corrected chi connectivity index (χ4v) is 2.61. The zero-order chi connectivity index (χ0) is 16.6. The van der Waals surface area contributed by atoms with Crippen LogP contribution in [0, 0.1) is 16.7 Å². The smallest absolute Gasteiger partial charge is 0.328 e. The number of carboxylic acids is 1. The van der Waals surface area contributed by atoms with Crippen LogP contribution in [0.3, 0.4) is 0 Å². The van der Waals surface area contributed by atoms with Crippen molar-refractivity contribution in [2.24, 2.45) is 16.7 Å². The van der Waals surface area contributed by atoms with Crippen molar-refractivity contribution < 1.29 is 15.0 Å². The van der Waals surface area contributed by atoms with Crippen molar-refractivity contribution in [3.63, 3.8) is 0 Å². The van der Waals surface area contributed by atoms with Crippen molar-refractivity contribution >= 4 is 5.97 Å². The fourth-order valence-electron chi connectivity index (χ4n) is 2.61. The molecule has 1 rings (SSSR count). The average Bonchev–Trinajstić information content (AvgIpc) is 2.23. The summed E-state index contributed by atoms with van der Waals surface area (Å²) in [6.45, 7) is 16.2. The SMILES string of the molecule is C=C1C(C(C)(C)C)=C(O)C(C(C)(C)C)=CC1C=CC(=O)O. The number of aliphatic carboxylic acids is 1. The molecule has 0 saturated heterocycles. The Bertz CT molecular complexity index is 546. The van der Waals surface area contributed by atoms with E-state index in [4.69, 9.17) is 5.11 Å². The van der Waals surface area contributed by atoms with E-state index in [1.165, 1.54) is 0 Å². The number of aliphatic hydroxyl groups is 1.